The number of ether oxygens (including phenoxy) is 1. The molecule has 1 N–H and O–H groups in total. The van der Waals surface area contributed by atoms with Crippen molar-refractivity contribution in [3.63, 3.8) is 0 Å². The van der Waals surface area contributed by atoms with Crippen LogP contribution in [0, 0.1) is 5.92 Å². The smallest absolute Gasteiger partial charge is 0.242 e. The Morgan fingerprint density at radius 2 is 1.81 bits per heavy atom. The minimum Gasteiger partial charge on any atom is -0.379 e. The van der Waals surface area contributed by atoms with E-state index in [1.807, 2.05) is 26.0 Å². The number of carbonyl (C=O) groups is 2. The first-order valence-electron chi connectivity index (χ1n) is 9.51. The van der Waals surface area contributed by atoms with E-state index in [1.54, 1.807) is 24.0 Å². The highest BCUT2D eigenvalue weighted by atomic mass is 35.5. The number of nitrogens with zero attached hydrogens (tertiary/aromatic N) is 2. The Bertz CT molecular complexity index is 615. The van der Waals surface area contributed by atoms with Gasteiger partial charge in [0.25, 0.3) is 0 Å². The topological polar surface area (TPSA) is 61.9 Å². The zero-order valence-corrected chi connectivity index (χ0v) is 17.2. The molecule has 6 nitrogen and oxygen atoms in total. The summed E-state index contributed by atoms with van der Waals surface area (Å²) in [5, 5.41) is 3.61. The lowest BCUT2D eigenvalue weighted by Gasteiger charge is -2.31. The van der Waals surface area contributed by atoms with Crippen molar-refractivity contribution in [2.75, 3.05) is 39.4 Å². The average Bonchev–Trinajstić information content (AvgIpc) is 2.67. The number of carbonyl (C=O) groups excluding carboxylic acids is 2. The molecule has 0 saturated carbocycles. The third-order valence-electron chi connectivity index (χ3n) is 4.72. The molecule has 0 aromatic heterocycles. The molecule has 1 fully saturated rings. The lowest BCUT2D eigenvalue weighted by atomic mass is 10.1. The molecule has 1 heterocycles. The number of benzene rings is 1. The summed E-state index contributed by atoms with van der Waals surface area (Å²) >= 11 is 5.94. The molecule has 1 unspecified atom stereocenters. The van der Waals surface area contributed by atoms with Crippen LogP contribution in [0.2, 0.25) is 5.02 Å². The molecule has 27 heavy (non-hydrogen) atoms. The Morgan fingerprint density at radius 3 is 2.41 bits per heavy atom. The fourth-order valence-electron chi connectivity index (χ4n) is 2.98. The van der Waals surface area contributed by atoms with Crippen LogP contribution in [0.1, 0.15) is 26.3 Å². The van der Waals surface area contributed by atoms with Crippen LogP contribution >= 0.6 is 11.6 Å². The second-order valence-electron chi connectivity index (χ2n) is 7.17. The molecule has 0 radical (unpaired) electrons. The van der Waals surface area contributed by atoms with Gasteiger partial charge in [-0.2, -0.15) is 0 Å². The fourth-order valence-corrected chi connectivity index (χ4v) is 3.10. The van der Waals surface area contributed by atoms with Crippen molar-refractivity contribution in [3.8, 4) is 0 Å². The first-order chi connectivity index (χ1) is 12.9. The third kappa shape index (κ3) is 6.79. The summed E-state index contributed by atoms with van der Waals surface area (Å²) in [6.07, 6.45) is 0. The minimum absolute atomic E-state index is 0.0409. The van der Waals surface area contributed by atoms with Gasteiger partial charge in [0, 0.05) is 43.7 Å². The summed E-state index contributed by atoms with van der Waals surface area (Å²) in [4.78, 5) is 29.2. The van der Waals surface area contributed by atoms with Crippen LogP contribution in [0.5, 0.6) is 0 Å². The van der Waals surface area contributed by atoms with E-state index in [0.717, 1.165) is 38.4 Å². The summed E-state index contributed by atoms with van der Waals surface area (Å²) in [5.74, 6) is -0.354. The summed E-state index contributed by atoms with van der Waals surface area (Å²) in [6, 6.07) is 6.81. The summed E-state index contributed by atoms with van der Waals surface area (Å²) in [7, 11) is 0. The van der Waals surface area contributed by atoms with Crippen LogP contribution in [0.25, 0.3) is 0 Å². The fraction of sp³-hybridized carbons (Fsp3) is 0.600. The first-order valence-corrected chi connectivity index (χ1v) is 9.89. The molecule has 1 aliphatic heterocycles. The van der Waals surface area contributed by atoms with E-state index in [2.05, 4.69) is 10.2 Å². The van der Waals surface area contributed by atoms with Crippen molar-refractivity contribution in [3.05, 3.63) is 34.9 Å². The van der Waals surface area contributed by atoms with E-state index in [-0.39, 0.29) is 17.7 Å². The number of hydrogen-bond donors (Lipinski definition) is 1. The molecule has 1 atom stereocenters. The minimum atomic E-state index is -0.541. The molecule has 7 heteroatoms. The molecular formula is C20H30ClN3O3. The van der Waals surface area contributed by atoms with Crippen LogP contribution < -0.4 is 5.32 Å². The third-order valence-corrected chi connectivity index (χ3v) is 4.97. The van der Waals surface area contributed by atoms with Crippen molar-refractivity contribution in [1.82, 2.24) is 15.1 Å². The van der Waals surface area contributed by atoms with Gasteiger partial charge in [-0.25, -0.2) is 0 Å². The summed E-state index contributed by atoms with van der Waals surface area (Å²) in [5.41, 5.74) is 0.946. The zero-order valence-electron chi connectivity index (χ0n) is 16.4. The Kier molecular flexibility index (Phi) is 8.54. The quantitative estimate of drug-likeness (QED) is 0.732. The Morgan fingerprint density at radius 1 is 1.19 bits per heavy atom. The van der Waals surface area contributed by atoms with Gasteiger partial charge in [-0.05, 0) is 24.6 Å². The monoisotopic (exact) mass is 395 g/mol. The Labute approximate surface area is 166 Å². The average molecular weight is 396 g/mol. The van der Waals surface area contributed by atoms with Gasteiger partial charge in [-0.15, -0.1) is 0 Å². The molecule has 0 bridgehead atoms. The van der Waals surface area contributed by atoms with Crippen LogP contribution in [-0.2, 0) is 20.9 Å². The largest absolute Gasteiger partial charge is 0.379 e. The Hall–Kier alpha value is -1.63. The molecule has 150 valence electrons. The van der Waals surface area contributed by atoms with Gasteiger partial charge in [0.1, 0.15) is 6.04 Å². The van der Waals surface area contributed by atoms with Gasteiger partial charge < -0.3 is 15.0 Å². The second kappa shape index (κ2) is 10.6. The van der Waals surface area contributed by atoms with Crippen LogP contribution in [0.4, 0.5) is 0 Å². The van der Waals surface area contributed by atoms with Gasteiger partial charge in [-0.3, -0.25) is 14.5 Å². The standard InChI is InChI=1S/C20H30ClN3O3/c1-15(2)20(26)24(14-17-4-6-18(21)7-5-17)16(3)19(25)22-8-9-23-10-12-27-13-11-23/h4-7,15-16H,8-14H2,1-3H3,(H,22,25). The van der Waals surface area contributed by atoms with Crippen molar-refractivity contribution < 1.29 is 14.3 Å². The van der Waals surface area contributed by atoms with Crippen molar-refractivity contribution >= 4 is 23.4 Å². The number of nitrogens with one attached hydrogen (secondary N) is 1. The maximum absolute atomic E-state index is 12.7. The number of morpholine rings is 1. The second-order valence-corrected chi connectivity index (χ2v) is 7.60. The lowest BCUT2D eigenvalue weighted by molar-refractivity contribution is -0.143. The number of halogens is 1. The van der Waals surface area contributed by atoms with E-state index in [0.29, 0.717) is 18.1 Å². The molecule has 1 aromatic carbocycles. The van der Waals surface area contributed by atoms with Crippen molar-refractivity contribution in [2.45, 2.75) is 33.4 Å². The zero-order chi connectivity index (χ0) is 19.8. The normalized spacial score (nSPS) is 16.2. The maximum atomic E-state index is 12.7. The molecule has 1 aromatic rings. The summed E-state index contributed by atoms with van der Waals surface area (Å²) < 4.78 is 5.33. The Balaban J connectivity index is 1.94. The van der Waals surface area contributed by atoms with Gasteiger partial charge in [0.05, 0.1) is 13.2 Å². The van der Waals surface area contributed by atoms with Gasteiger partial charge >= 0.3 is 0 Å². The highest BCUT2D eigenvalue weighted by molar-refractivity contribution is 6.30. The van der Waals surface area contributed by atoms with Crippen molar-refractivity contribution in [1.29, 1.82) is 0 Å². The lowest BCUT2D eigenvalue weighted by Crippen LogP contribution is -2.50. The maximum Gasteiger partial charge on any atom is 0.242 e. The highest BCUT2D eigenvalue weighted by Gasteiger charge is 2.27. The summed E-state index contributed by atoms with van der Waals surface area (Å²) in [6.45, 7) is 10.5. The van der Waals surface area contributed by atoms with E-state index in [9.17, 15) is 9.59 Å². The number of hydrogen-bond acceptors (Lipinski definition) is 4. The number of amides is 2. The van der Waals surface area contributed by atoms with Crippen molar-refractivity contribution in [2.24, 2.45) is 5.92 Å². The van der Waals surface area contributed by atoms with E-state index in [4.69, 9.17) is 16.3 Å². The SMILES string of the molecule is CC(C)C(=O)N(Cc1ccc(Cl)cc1)C(C)C(=O)NCCN1CCOCC1. The van der Waals surface area contributed by atoms with E-state index >= 15 is 0 Å². The van der Waals surface area contributed by atoms with Crippen LogP contribution in [0.15, 0.2) is 24.3 Å². The van der Waals surface area contributed by atoms with Gasteiger partial charge in [0.15, 0.2) is 0 Å². The van der Waals surface area contributed by atoms with Gasteiger partial charge in [-0.1, -0.05) is 37.6 Å². The predicted molar refractivity (Wildman–Crippen MR) is 107 cm³/mol. The highest BCUT2D eigenvalue weighted by Crippen LogP contribution is 2.15. The molecule has 1 aliphatic rings. The molecule has 0 aliphatic carbocycles. The van der Waals surface area contributed by atoms with E-state index in [1.165, 1.54) is 0 Å². The number of rotatable bonds is 8. The van der Waals surface area contributed by atoms with Crippen LogP contribution in [0.3, 0.4) is 0 Å². The van der Waals surface area contributed by atoms with Gasteiger partial charge in [0.2, 0.25) is 11.8 Å². The predicted octanol–water partition coefficient (Wildman–Crippen LogP) is 2.16. The molecular weight excluding hydrogens is 366 g/mol. The molecule has 1 saturated heterocycles. The van der Waals surface area contributed by atoms with Crippen LogP contribution in [-0.4, -0.2) is 67.0 Å². The molecule has 2 amide bonds. The molecule has 2 rings (SSSR count). The first kappa shape index (κ1) is 21.7. The van der Waals surface area contributed by atoms with E-state index < -0.39 is 6.04 Å². The molecule has 0 spiro atoms.